The quantitative estimate of drug-likeness (QED) is 0.699. The van der Waals surface area contributed by atoms with Crippen molar-refractivity contribution in [2.75, 3.05) is 11.9 Å². The summed E-state index contributed by atoms with van der Waals surface area (Å²) in [7, 11) is 0. The molecule has 0 fully saturated rings. The number of nitrogens with one attached hydrogen (secondary N) is 2. The normalized spacial score (nSPS) is 12.0. The fraction of sp³-hybridized carbons (Fsp3) is 0.353. The fourth-order valence-electron chi connectivity index (χ4n) is 2.00. The second-order valence-electron chi connectivity index (χ2n) is 5.97. The number of carbonyl (C=O) groups excluding carboxylic acids is 2. The van der Waals surface area contributed by atoms with E-state index >= 15 is 0 Å². The lowest BCUT2D eigenvalue weighted by molar-refractivity contribution is -0.125. The molecule has 1 aromatic heterocycles. The van der Waals surface area contributed by atoms with E-state index in [1.54, 1.807) is 18.3 Å². The van der Waals surface area contributed by atoms with Crippen molar-refractivity contribution in [1.29, 1.82) is 0 Å². The molecule has 4 N–H and O–H groups in total. The van der Waals surface area contributed by atoms with Crippen molar-refractivity contribution in [2.24, 2.45) is 11.7 Å². The lowest BCUT2D eigenvalue weighted by atomic mass is 10.1. The molecular weight excluding hydrogens is 343 g/mol. The van der Waals surface area contributed by atoms with Gasteiger partial charge in [-0.3, -0.25) is 9.59 Å². The van der Waals surface area contributed by atoms with Gasteiger partial charge in [0, 0.05) is 17.5 Å². The predicted octanol–water partition coefficient (Wildman–Crippen LogP) is 1.91. The van der Waals surface area contributed by atoms with Crippen LogP contribution in [0.5, 0.6) is 0 Å². The van der Waals surface area contributed by atoms with Crippen LogP contribution in [0.2, 0.25) is 0 Å². The first-order valence-corrected chi connectivity index (χ1v) is 8.69. The van der Waals surface area contributed by atoms with Gasteiger partial charge in [-0.05, 0) is 23.6 Å². The largest absolute Gasteiger partial charge is 0.346 e. The van der Waals surface area contributed by atoms with Gasteiger partial charge in [-0.25, -0.2) is 9.37 Å². The number of aromatic nitrogens is 1. The van der Waals surface area contributed by atoms with Crippen LogP contribution in [0.15, 0.2) is 30.5 Å². The van der Waals surface area contributed by atoms with Crippen LogP contribution in [0.4, 0.5) is 9.52 Å². The molecule has 0 bridgehead atoms. The Bertz CT molecular complexity index is 731. The standard InChI is InChI=1S/C17H21FN4O2S/c1-10(2)15(19)16(24)20-9-14(23)22-17-21-8-13(25-17)7-11-3-5-12(18)6-4-11/h3-6,8,10,15H,7,9,19H2,1-2H3,(H,20,24)(H,21,22,23)/t15-/m0/s1. The van der Waals surface area contributed by atoms with E-state index < -0.39 is 6.04 Å². The van der Waals surface area contributed by atoms with E-state index in [9.17, 15) is 14.0 Å². The number of anilines is 1. The molecule has 2 aromatic rings. The summed E-state index contributed by atoms with van der Waals surface area (Å²) >= 11 is 1.33. The van der Waals surface area contributed by atoms with Gasteiger partial charge < -0.3 is 16.4 Å². The van der Waals surface area contributed by atoms with E-state index in [1.807, 2.05) is 13.8 Å². The number of hydrogen-bond acceptors (Lipinski definition) is 5. The number of thiazole rings is 1. The molecule has 0 saturated heterocycles. The van der Waals surface area contributed by atoms with E-state index in [0.717, 1.165) is 10.4 Å². The van der Waals surface area contributed by atoms with Crippen molar-refractivity contribution < 1.29 is 14.0 Å². The van der Waals surface area contributed by atoms with E-state index in [4.69, 9.17) is 5.73 Å². The van der Waals surface area contributed by atoms with Crippen LogP contribution in [0.25, 0.3) is 0 Å². The number of amides is 2. The van der Waals surface area contributed by atoms with Gasteiger partial charge >= 0.3 is 0 Å². The molecule has 1 aromatic carbocycles. The van der Waals surface area contributed by atoms with Crippen LogP contribution in [-0.4, -0.2) is 29.4 Å². The molecule has 2 rings (SSSR count). The van der Waals surface area contributed by atoms with Crippen LogP contribution >= 0.6 is 11.3 Å². The Kier molecular flexibility index (Phi) is 6.60. The maximum atomic E-state index is 12.9. The fourth-order valence-corrected chi connectivity index (χ4v) is 2.86. The zero-order valence-electron chi connectivity index (χ0n) is 14.1. The summed E-state index contributed by atoms with van der Waals surface area (Å²) in [6.07, 6.45) is 2.27. The number of carbonyl (C=O) groups is 2. The molecule has 25 heavy (non-hydrogen) atoms. The van der Waals surface area contributed by atoms with Crippen molar-refractivity contribution in [3.8, 4) is 0 Å². The zero-order chi connectivity index (χ0) is 18.4. The monoisotopic (exact) mass is 364 g/mol. The molecule has 0 aliphatic heterocycles. The maximum absolute atomic E-state index is 12.9. The lowest BCUT2D eigenvalue weighted by Crippen LogP contribution is -2.46. The minimum absolute atomic E-state index is 0.00366. The molecule has 0 spiro atoms. The summed E-state index contributed by atoms with van der Waals surface area (Å²) in [5, 5.41) is 5.58. The van der Waals surface area contributed by atoms with Gasteiger partial charge in [0.25, 0.3) is 0 Å². The van der Waals surface area contributed by atoms with E-state index in [1.165, 1.54) is 23.5 Å². The average molecular weight is 364 g/mol. The van der Waals surface area contributed by atoms with Gasteiger partial charge in [0.1, 0.15) is 5.82 Å². The molecule has 2 amide bonds. The SMILES string of the molecule is CC(C)[C@H](N)C(=O)NCC(=O)Nc1ncc(Cc2ccc(F)cc2)s1. The second-order valence-corrected chi connectivity index (χ2v) is 7.09. The number of rotatable bonds is 7. The van der Waals surface area contributed by atoms with Crippen molar-refractivity contribution in [3.63, 3.8) is 0 Å². The first kappa shape index (κ1) is 19.0. The summed E-state index contributed by atoms with van der Waals surface area (Å²) in [5.41, 5.74) is 6.66. The highest BCUT2D eigenvalue weighted by atomic mass is 32.1. The molecule has 0 aliphatic carbocycles. The number of hydrogen-bond donors (Lipinski definition) is 3. The smallest absolute Gasteiger partial charge is 0.245 e. The Balaban J connectivity index is 1.83. The summed E-state index contributed by atoms with van der Waals surface area (Å²) in [6.45, 7) is 3.51. The minimum Gasteiger partial charge on any atom is -0.346 e. The van der Waals surface area contributed by atoms with Gasteiger partial charge in [-0.2, -0.15) is 0 Å². The zero-order valence-corrected chi connectivity index (χ0v) is 14.9. The molecule has 1 heterocycles. The summed E-state index contributed by atoms with van der Waals surface area (Å²) in [4.78, 5) is 28.7. The molecule has 0 saturated carbocycles. The van der Waals surface area contributed by atoms with Crippen molar-refractivity contribution in [3.05, 3.63) is 46.7 Å². The highest BCUT2D eigenvalue weighted by Gasteiger charge is 2.17. The first-order chi connectivity index (χ1) is 11.8. The molecule has 0 aliphatic rings. The van der Waals surface area contributed by atoms with Gasteiger partial charge in [0.05, 0.1) is 12.6 Å². The van der Waals surface area contributed by atoms with Crippen molar-refractivity contribution in [2.45, 2.75) is 26.3 Å². The van der Waals surface area contributed by atoms with Crippen LogP contribution in [0.1, 0.15) is 24.3 Å². The first-order valence-electron chi connectivity index (χ1n) is 7.87. The van der Waals surface area contributed by atoms with E-state index in [2.05, 4.69) is 15.6 Å². The van der Waals surface area contributed by atoms with Crippen molar-refractivity contribution >= 4 is 28.3 Å². The molecule has 1 atom stereocenters. The predicted molar refractivity (Wildman–Crippen MR) is 95.8 cm³/mol. The van der Waals surface area contributed by atoms with Crippen LogP contribution < -0.4 is 16.4 Å². The minimum atomic E-state index is -0.644. The van der Waals surface area contributed by atoms with E-state index in [-0.39, 0.29) is 30.1 Å². The average Bonchev–Trinajstić information content (AvgIpc) is 3.00. The highest BCUT2D eigenvalue weighted by molar-refractivity contribution is 7.15. The Morgan fingerprint density at radius 3 is 2.60 bits per heavy atom. The number of benzene rings is 1. The third-order valence-corrected chi connectivity index (χ3v) is 4.45. The van der Waals surface area contributed by atoms with Crippen LogP contribution in [0, 0.1) is 11.7 Å². The van der Waals surface area contributed by atoms with Crippen LogP contribution in [0.3, 0.4) is 0 Å². The highest BCUT2D eigenvalue weighted by Crippen LogP contribution is 2.21. The molecule has 0 unspecified atom stereocenters. The molecule has 0 radical (unpaired) electrons. The summed E-state index contributed by atoms with van der Waals surface area (Å²) in [5.74, 6) is -1.01. The van der Waals surface area contributed by atoms with Gasteiger partial charge in [-0.1, -0.05) is 26.0 Å². The maximum Gasteiger partial charge on any atom is 0.245 e. The van der Waals surface area contributed by atoms with Gasteiger partial charge in [0.2, 0.25) is 11.8 Å². The Hall–Kier alpha value is -2.32. The number of halogens is 1. The second kappa shape index (κ2) is 8.68. The Labute approximate surface area is 149 Å². The number of nitrogens with zero attached hydrogens (tertiary/aromatic N) is 1. The van der Waals surface area contributed by atoms with Crippen molar-refractivity contribution in [1.82, 2.24) is 10.3 Å². The Morgan fingerprint density at radius 2 is 1.96 bits per heavy atom. The number of nitrogens with two attached hydrogens (primary N) is 1. The van der Waals surface area contributed by atoms with Crippen LogP contribution in [-0.2, 0) is 16.0 Å². The Morgan fingerprint density at radius 1 is 1.28 bits per heavy atom. The topological polar surface area (TPSA) is 97.1 Å². The summed E-state index contributed by atoms with van der Waals surface area (Å²) in [6, 6.07) is 5.59. The molecular formula is C17H21FN4O2S. The third-order valence-electron chi connectivity index (χ3n) is 3.54. The third kappa shape index (κ3) is 5.91. The lowest BCUT2D eigenvalue weighted by Gasteiger charge is -2.14. The van der Waals surface area contributed by atoms with E-state index in [0.29, 0.717) is 11.6 Å². The van der Waals surface area contributed by atoms with Gasteiger partial charge in [-0.15, -0.1) is 11.3 Å². The van der Waals surface area contributed by atoms with Gasteiger partial charge in [0.15, 0.2) is 5.13 Å². The summed E-state index contributed by atoms with van der Waals surface area (Å²) < 4.78 is 12.9. The molecule has 8 heteroatoms. The molecule has 134 valence electrons. The molecule has 6 nitrogen and oxygen atoms in total.